The number of hydrogen-bond donors (Lipinski definition) is 2. The van der Waals surface area contributed by atoms with Gasteiger partial charge in [-0.15, -0.1) is 0 Å². The van der Waals surface area contributed by atoms with Crippen molar-refractivity contribution in [2.75, 3.05) is 4.90 Å². The molecule has 3 nitrogen and oxygen atoms in total. The Kier molecular flexibility index (Phi) is 4.00. The van der Waals surface area contributed by atoms with E-state index in [4.69, 9.17) is 11.1 Å². The van der Waals surface area contributed by atoms with E-state index in [9.17, 15) is 0 Å². The zero-order chi connectivity index (χ0) is 18.3. The second-order valence-electron chi connectivity index (χ2n) is 7.14. The van der Waals surface area contributed by atoms with Crippen LogP contribution in [0.25, 0.3) is 22.9 Å². The Morgan fingerprint density at radius 2 is 1.65 bits per heavy atom. The van der Waals surface area contributed by atoms with Crippen LogP contribution in [0.2, 0.25) is 0 Å². The Balaban J connectivity index is 1.74. The Morgan fingerprint density at radius 1 is 0.962 bits per heavy atom. The number of anilines is 1. The Hall–Kier alpha value is -3.07. The zero-order valence-corrected chi connectivity index (χ0v) is 15.2. The van der Waals surface area contributed by atoms with Crippen LogP contribution in [0.4, 0.5) is 5.69 Å². The molecule has 0 aromatic heterocycles. The van der Waals surface area contributed by atoms with Gasteiger partial charge in [0.15, 0.2) is 5.96 Å². The predicted molar refractivity (Wildman–Crippen MR) is 112 cm³/mol. The average Bonchev–Trinajstić information content (AvgIpc) is 3.06. The van der Waals surface area contributed by atoms with E-state index in [-0.39, 0.29) is 5.96 Å². The second-order valence-corrected chi connectivity index (χ2v) is 7.14. The largest absolute Gasteiger partial charge is 0.370 e. The van der Waals surface area contributed by atoms with Gasteiger partial charge in [0.2, 0.25) is 0 Å². The lowest BCUT2D eigenvalue weighted by Gasteiger charge is -2.25. The molecule has 0 spiro atoms. The van der Waals surface area contributed by atoms with Crippen molar-refractivity contribution in [2.24, 2.45) is 5.73 Å². The highest BCUT2D eigenvalue weighted by molar-refractivity contribution is 6.12. The van der Waals surface area contributed by atoms with Gasteiger partial charge in [-0.2, -0.15) is 0 Å². The summed E-state index contributed by atoms with van der Waals surface area (Å²) < 4.78 is 0. The van der Waals surface area contributed by atoms with E-state index in [1.807, 2.05) is 4.90 Å². The molecule has 3 N–H and O–H groups in total. The van der Waals surface area contributed by atoms with Gasteiger partial charge in [-0.05, 0) is 39.6 Å². The van der Waals surface area contributed by atoms with Gasteiger partial charge in [-0.25, -0.2) is 0 Å². The molecule has 0 atom stereocenters. The van der Waals surface area contributed by atoms with Crippen molar-refractivity contribution in [1.82, 2.24) is 0 Å². The number of nitrogens with two attached hydrogens (primary N) is 1. The Morgan fingerprint density at radius 3 is 2.31 bits per heavy atom. The molecule has 0 aliphatic heterocycles. The molecule has 0 amide bonds. The summed E-state index contributed by atoms with van der Waals surface area (Å²) in [6, 6.07) is 19.1. The van der Waals surface area contributed by atoms with Crippen LogP contribution in [0.3, 0.4) is 0 Å². The lowest BCUT2D eigenvalue weighted by molar-refractivity contribution is 0.863. The number of hydrogen-bond acceptors (Lipinski definition) is 1. The van der Waals surface area contributed by atoms with E-state index in [2.05, 4.69) is 80.6 Å². The molecule has 0 fully saturated rings. The lowest BCUT2D eigenvalue weighted by atomic mass is 10.0. The highest BCUT2D eigenvalue weighted by Crippen LogP contribution is 2.37. The van der Waals surface area contributed by atoms with E-state index < -0.39 is 0 Å². The summed E-state index contributed by atoms with van der Waals surface area (Å²) in [7, 11) is 0. The molecule has 3 heteroatoms. The molecule has 0 heterocycles. The third kappa shape index (κ3) is 2.76. The molecule has 0 radical (unpaired) electrons. The minimum Gasteiger partial charge on any atom is -0.370 e. The first-order valence-electron chi connectivity index (χ1n) is 8.99. The molecule has 4 rings (SSSR count). The fraction of sp³-hybridized carbons (Fsp3) is 0.174. The Labute approximate surface area is 154 Å². The van der Waals surface area contributed by atoms with E-state index in [1.54, 1.807) is 0 Å². The predicted octanol–water partition coefficient (Wildman–Crippen LogP) is 5.35. The fourth-order valence-corrected chi connectivity index (χ4v) is 3.63. The minimum atomic E-state index is 0.0598. The molecule has 1 aliphatic rings. The van der Waals surface area contributed by atoms with Crippen LogP contribution in [0, 0.1) is 5.41 Å². The summed E-state index contributed by atoms with van der Waals surface area (Å²) in [6.45, 7) is 4.97. The van der Waals surface area contributed by atoms with Crippen LogP contribution in [0.5, 0.6) is 0 Å². The zero-order valence-electron chi connectivity index (χ0n) is 15.2. The van der Waals surface area contributed by atoms with Crippen molar-refractivity contribution >= 4 is 34.6 Å². The average molecular weight is 341 g/mol. The van der Waals surface area contributed by atoms with Gasteiger partial charge in [-0.1, -0.05) is 74.5 Å². The third-order valence-electron chi connectivity index (χ3n) is 5.09. The van der Waals surface area contributed by atoms with Gasteiger partial charge in [0.05, 0.1) is 12.2 Å². The Bertz CT molecular complexity index is 1000. The van der Waals surface area contributed by atoms with Crippen molar-refractivity contribution < 1.29 is 0 Å². The summed E-state index contributed by atoms with van der Waals surface area (Å²) in [5.74, 6) is 0.571. The van der Waals surface area contributed by atoms with Crippen molar-refractivity contribution in [3.63, 3.8) is 0 Å². The fourth-order valence-electron chi connectivity index (χ4n) is 3.63. The first-order valence-corrected chi connectivity index (χ1v) is 8.99. The van der Waals surface area contributed by atoms with Crippen molar-refractivity contribution in [1.29, 1.82) is 5.41 Å². The standard InChI is InChI=1S/C23H23N3/c1-15(2)17-8-6-16(7-9-17)14-26(23(24)25)21-13-12-19-11-10-18-4-3-5-20(21)22(18)19/h3-13,15H,14H2,1-2H3,(H3,24,25). The smallest absolute Gasteiger partial charge is 0.193 e. The summed E-state index contributed by atoms with van der Waals surface area (Å²) in [5.41, 5.74) is 11.9. The van der Waals surface area contributed by atoms with Crippen LogP contribution in [0.15, 0.2) is 54.6 Å². The number of nitrogens with zero attached hydrogens (tertiary/aromatic N) is 1. The van der Waals surface area contributed by atoms with Crippen LogP contribution < -0.4 is 10.6 Å². The van der Waals surface area contributed by atoms with E-state index >= 15 is 0 Å². The van der Waals surface area contributed by atoms with E-state index in [0.717, 1.165) is 16.6 Å². The molecule has 1 aliphatic carbocycles. The van der Waals surface area contributed by atoms with E-state index in [0.29, 0.717) is 12.5 Å². The molecule has 0 saturated heterocycles. The SMILES string of the molecule is CC(C)c1ccc(CN(C(=N)N)c2ccc3c4c(cccc24)C=C3)cc1. The first-order chi connectivity index (χ1) is 12.5. The molecule has 3 aromatic carbocycles. The monoisotopic (exact) mass is 341 g/mol. The third-order valence-corrected chi connectivity index (χ3v) is 5.09. The van der Waals surface area contributed by atoms with Crippen molar-refractivity contribution in [2.45, 2.75) is 26.3 Å². The molecule has 0 saturated carbocycles. The topological polar surface area (TPSA) is 53.1 Å². The highest BCUT2D eigenvalue weighted by atomic mass is 15.2. The van der Waals surface area contributed by atoms with Crippen LogP contribution in [-0.2, 0) is 6.54 Å². The molecule has 3 aromatic rings. The summed E-state index contributed by atoms with van der Waals surface area (Å²) >= 11 is 0. The molecular weight excluding hydrogens is 318 g/mol. The minimum absolute atomic E-state index is 0.0598. The maximum atomic E-state index is 8.14. The van der Waals surface area contributed by atoms with Gasteiger partial charge >= 0.3 is 0 Å². The van der Waals surface area contributed by atoms with Crippen LogP contribution in [-0.4, -0.2) is 5.96 Å². The van der Waals surface area contributed by atoms with Gasteiger partial charge < -0.3 is 10.6 Å². The number of guanidine groups is 1. The number of benzene rings is 3. The van der Waals surface area contributed by atoms with Crippen molar-refractivity contribution in [3.8, 4) is 0 Å². The summed E-state index contributed by atoms with van der Waals surface area (Å²) in [6.07, 6.45) is 4.29. The van der Waals surface area contributed by atoms with Gasteiger partial charge in [0.1, 0.15) is 0 Å². The first kappa shape index (κ1) is 16.4. The van der Waals surface area contributed by atoms with Crippen LogP contribution in [0.1, 0.15) is 42.0 Å². The summed E-state index contributed by atoms with van der Waals surface area (Å²) in [5, 5.41) is 10.5. The quantitative estimate of drug-likeness (QED) is 0.388. The maximum absolute atomic E-state index is 8.14. The van der Waals surface area contributed by atoms with Crippen LogP contribution >= 0.6 is 0 Å². The molecule has 0 unspecified atom stereocenters. The van der Waals surface area contributed by atoms with Crippen molar-refractivity contribution in [3.05, 3.63) is 76.9 Å². The second kappa shape index (κ2) is 6.34. The van der Waals surface area contributed by atoms with Gasteiger partial charge in [0, 0.05) is 5.39 Å². The van der Waals surface area contributed by atoms with Gasteiger partial charge in [-0.3, -0.25) is 5.41 Å². The molecule has 0 bridgehead atoms. The number of nitrogens with one attached hydrogen (secondary N) is 1. The van der Waals surface area contributed by atoms with Gasteiger partial charge in [0.25, 0.3) is 0 Å². The maximum Gasteiger partial charge on any atom is 0.193 e. The normalized spacial score (nSPS) is 12.1. The highest BCUT2D eigenvalue weighted by Gasteiger charge is 2.17. The number of rotatable bonds is 4. The molecule has 130 valence electrons. The lowest BCUT2D eigenvalue weighted by Crippen LogP contribution is -2.36. The molecular formula is C23H23N3. The molecule has 26 heavy (non-hydrogen) atoms. The summed E-state index contributed by atoms with van der Waals surface area (Å²) in [4.78, 5) is 1.88. The van der Waals surface area contributed by atoms with E-state index in [1.165, 1.54) is 22.1 Å².